The Hall–Kier alpha value is -0.990. The van der Waals surface area contributed by atoms with E-state index in [0.717, 1.165) is 19.3 Å². The highest BCUT2D eigenvalue weighted by Crippen LogP contribution is 2.27. The molecule has 0 aromatic heterocycles. The molecule has 0 radical (unpaired) electrons. The zero-order valence-electron chi connectivity index (χ0n) is 11.6. The van der Waals surface area contributed by atoms with E-state index in [-0.39, 0.29) is 12.1 Å². The Morgan fingerprint density at radius 1 is 1.44 bits per heavy atom. The smallest absolute Gasteiger partial charge is 0.407 e. The van der Waals surface area contributed by atoms with Crippen molar-refractivity contribution in [1.29, 1.82) is 0 Å². The van der Waals surface area contributed by atoms with Crippen LogP contribution in [0.4, 0.5) is 4.79 Å². The maximum atomic E-state index is 11.7. The van der Waals surface area contributed by atoms with Gasteiger partial charge in [0.15, 0.2) is 0 Å². The minimum Gasteiger partial charge on any atom is -0.450 e. The molecule has 1 fully saturated rings. The number of nitrogens with one attached hydrogen (secondary N) is 1. The van der Waals surface area contributed by atoms with E-state index in [1.54, 1.807) is 0 Å². The summed E-state index contributed by atoms with van der Waals surface area (Å²) >= 11 is 0. The lowest BCUT2D eigenvalue weighted by molar-refractivity contribution is 0.133. The van der Waals surface area contributed by atoms with Crippen molar-refractivity contribution in [3.63, 3.8) is 0 Å². The summed E-state index contributed by atoms with van der Waals surface area (Å²) < 4.78 is 5.17. The van der Waals surface area contributed by atoms with Crippen molar-refractivity contribution in [2.45, 2.75) is 64.3 Å². The summed E-state index contributed by atoms with van der Waals surface area (Å²) in [6.45, 7) is 6.39. The van der Waals surface area contributed by atoms with Crippen LogP contribution in [0.2, 0.25) is 0 Å². The summed E-state index contributed by atoms with van der Waals surface area (Å²) in [5.74, 6) is 0.593. The van der Waals surface area contributed by atoms with Gasteiger partial charge in [-0.1, -0.05) is 38.7 Å². The molecule has 1 rings (SSSR count). The lowest BCUT2D eigenvalue weighted by atomic mass is 9.83. The van der Waals surface area contributed by atoms with Gasteiger partial charge in [0.05, 0.1) is 6.61 Å². The number of hydrogen-bond acceptors (Lipinski definition) is 2. The average Bonchev–Trinajstić information content (AvgIpc) is 2.39. The Morgan fingerprint density at radius 2 is 2.17 bits per heavy atom. The molecule has 18 heavy (non-hydrogen) atoms. The quantitative estimate of drug-likeness (QED) is 0.549. The topological polar surface area (TPSA) is 38.3 Å². The Bertz CT molecular complexity index is 247. The second kappa shape index (κ2) is 9.01. The molecule has 0 aliphatic heterocycles. The molecule has 1 unspecified atom stereocenters. The van der Waals surface area contributed by atoms with E-state index in [2.05, 4.69) is 18.8 Å². The molecule has 3 heteroatoms. The lowest BCUT2D eigenvalue weighted by Gasteiger charge is -2.30. The highest BCUT2D eigenvalue weighted by atomic mass is 16.5. The molecule has 1 saturated carbocycles. The summed E-state index contributed by atoms with van der Waals surface area (Å²) in [7, 11) is 0. The van der Waals surface area contributed by atoms with Crippen LogP contribution in [0.15, 0.2) is 12.7 Å². The Morgan fingerprint density at radius 3 is 2.78 bits per heavy atom. The van der Waals surface area contributed by atoms with Crippen LogP contribution in [0.5, 0.6) is 0 Å². The summed E-state index contributed by atoms with van der Waals surface area (Å²) in [5, 5.41) is 3.01. The van der Waals surface area contributed by atoms with Crippen LogP contribution in [0.1, 0.15) is 58.3 Å². The zero-order chi connectivity index (χ0) is 13.2. The first-order valence-electron chi connectivity index (χ1n) is 7.32. The van der Waals surface area contributed by atoms with Gasteiger partial charge in [-0.15, -0.1) is 6.58 Å². The number of carbonyl (C=O) groups is 1. The van der Waals surface area contributed by atoms with Gasteiger partial charge in [0.25, 0.3) is 0 Å². The van der Waals surface area contributed by atoms with Crippen LogP contribution < -0.4 is 5.32 Å². The van der Waals surface area contributed by atoms with Gasteiger partial charge in [-0.2, -0.15) is 0 Å². The third kappa shape index (κ3) is 5.56. The van der Waals surface area contributed by atoms with Crippen LogP contribution in [0.3, 0.4) is 0 Å². The first kappa shape index (κ1) is 15.1. The largest absolute Gasteiger partial charge is 0.450 e. The molecule has 1 atom stereocenters. The van der Waals surface area contributed by atoms with E-state index in [9.17, 15) is 4.79 Å². The molecule has 3 nitrogen and oxygen atoms in total. The molecule has 0 aromatic rings. The van der Waals surface area contributed by atoms with E-state index in [4.69, 9.17) is 4.74 Å². The number of unbranched alkanes of at least 4 members (excludes halogenated alkanes) is 1. The summed E-state index contributed by atoms with van der Waals surface area (Å²) in [6, 6.07) is 0.205. The van der Waals surface area contributed by atoms with Crippen molar-refractivity contribution in [2.75, 3.05) is 6.61 Å². The maximum Gasteiger partial charge on any atom is 0.407 e. The third-order valence-corrected chi connectivity index (χ3v) is 3.67. The molecular formula is C15H27NO2. The van der Waals surface area contributed by atoms with Crippen LogP contribution in [-0.2, 0) is 4.74 Å². The SMILES string of the molecule is C=CCC(NC(=O)OCCCC)C1CCCCC1. The minimum absolute atomic E-state index is 0.205. The van der Waals surface area contributed by atoms with Gasteiger partial charge in [-0.05, 0) is 31.6 Å². The minimum atomic E-state index is -0.263. The van der Waals surface area contributed by atoms with E-state index in [1.807, 2.05) is 6.08 Å². The number of alkyl carbamates (subject to hydrolysis) is 1. The second-order valence-electron chi connectivity index (χ2n) is 5.16. The van der Waals surface area contributed by atoms with E-state index in [1.165, 1.54) is 32.1 Å². The van der Waals surface area contributed by atoms with Gasteiger partial charge in [0.1, 0.15) is 0 Å². The molecule has 1 N–H and O–H groups in total. The van der Waals surface area contributed by atoms with Gasteiger partial charge in [-0.3, -0.25) is 0 Å². The van der Waals surface area contributed by atoms with Gasteiger partial charge < -0.3 is 10.1 Å². The van der Waals surface area contributed by atoms with Crippen molar-refractivity contribution in [2.24, 2.45) is 5.92 Å². The highest BCUT2D eigenvalue weighted by Gasteiger charge is 2.24. The van der Waals surface area contributed by atoms with Crippen LogP contribution >= 0.6 is 0 Å². The van der Waals surface area contributed by atoms with E-state index >= 15 is 0 Å². The Labute approximate surface area is 111 Å². The van der Waals surface area contributed by atoms with Crippen molar-refractivity contribution >= 4 is 6.09 Å². The van der Waals surface area contributed by atoms with Gasteiger partial charge >= 0.3 is 6.09 Å². The molecule has 0 saturated heterocycles. The molecule has 1 aliphatic rings. The van der Waals surface area contributed by atoms with Gasteiger partial charge in [0, 0.05) is 6.04 Å². The van der Waals surface area contributed by atoms with Crippen molar-refractivity contribution in [3.8, 4) is 0 Å². The predicted octanol–water partition coefficient (Wildman–Crippen LogP) is 4.04. The standard InChI is InChI=1S/C15H27NO2/c1-3-5-12-18-15(17)16-14(9-4-2)13-10-7-6-8-11-13/h4,13-14H,2-3,5-12H2,1H3,(H,16,17). The maximum absolute atomic E-state index is 11.7. The van der Waals surface area contributed by atoms with Gasteiger partial charge in [-0.25, -0.2) is 4.79 Å². The van der Waals surface area contributed by atoms with E-state index in [0.29, 0.717) is 12.5 Å². The molecule has 1 amide bonds. The molecule has 1 aliphatic carbocycles. The monoisotopic (exact) mass is 253 g/mol. The molecule has 0 spiro atoms. The number of carbonyl (C=O) groups excluding carboxylic acids is 1. The molecule has 0 heterocycles. The predicted molar refractivity (Wildman–Crippen MR) is 74.6 cm³/mol. The van der Waals surface area contributed by atoms with Crippen molar-refractivity contribution in [3.05, 3.63) is 12.7 Å². The van der Waals surface area contributed by atoms with Crippen LogP contribution in [0, 0.1) is 5.92 Å². The molecule has 0 bridgehead atoms. The summed E-state index contributed by atoms with van der Waals surface area (Å²) in [6.07, 6.45) is 10.8. The summed E-state index contributed by atoms with van der Waals surface area (Å²) in [4.78, 5) is 11.7. The van der Waals surface area contributed by atoms with Crippen molar-refractivity contribution in [1.82, 2.24) is 5.32 Å². The van der Waals surface area contributed by atoms with Crippen molar-refractivity contribution < 1.29 is 9.53 Å². The fraction of sp³-hybridized carbons (Fsp3) is 0.800. The number of ether oxygens (including phenoxy) is 1. The Balaban J connectivity index is 2.35. The highest BCUT2D eigenvalue weighted by molar-refractivity contribution is 5.67. The molecular weight excluding hydrogens is 226 g/mol. The molecule has 0 aromatic carbocycles. The average molecular weight is 253 g/mol. The normalized spacial score (nSPS) is 18.1. The van der Waals surface area contributed by atoms with Crippen LogP contribution in [-0.4, -0.2) is 18.7 Å². The zero-order valence-corrected chi connectivity index (χ0v) is 11.6. The third-order valence-electron chi connectivity index (χ3n) is 3.67. The van der Waals surface area contributed by atoms with E-state index < -0.39 is 0 Å². The Kier molecular flexibility index (Phi) is 7.54. The fourth-order valence-corrected chi connectivity index (χ4v) is 2.59. The summed E-state index contributed by atoms with van der Waals surface area (Å²) in [5.41, 5.74) is 0. The van der Waals surface area contributed by atoms with Crippen LogP contribution in [0.25, 0.3) is 0 Å². The molecule has 104 valence electrons. The fourth-order valence-electron chi connectivity index (χ4n) is 2.59. The number of rotatable bonds is 7. The first-order valence-corrected chi connectivity index (χ1v) is 7.32. The number of amides is 1. The number of hydrogen-bond donors (Lipinski definition) is 1. The first-order chi connectivity index (χ1) is 8.77. The lowest BCUT2D eigenvalue weighted by Crippen LogP contribution is -2.41. The second-order valence-corrected chi connectivity index (χ2v) is 5.16. The van der Waals surface area contributed by atoms with Gasteiger partial charge in [0.2, 0.25) is 0 Å².